The summed E-state index contributed by atoms with van der Waals surface area (Å²) in [5.41, 5.74) is -1.94. The molecule has 0 unspecified atom stereocenters. The van der Waals surface area contributed by atoms with E-state index >= 15 is 0 Å². The summed E-state index contributed by atoms with van der Waals surface area (Å²) in [6.45, 7) is 3.24. The molecule has 272 valence electrons. The minimum absolute atomic E-state index is 0. The van der Waals surface area contributed by atoms with E-state index in [4.69, 9.17) is 4.74 Å². The number of halogens is 7. The van der Waals surface area contributed by atoms with Crippen molar-refractivity contribution in [2.45, 2.75) is 70.3 Å². The first-order valence-corrected chi connectivity index (χ1v) is 17.0. The number of rotatable bonds is 12. The highest BCUT2D eigenvalue weighted by Gasteiger charge is 2.37. The predicted molar refractivity (Wildman–Crippen MR) is 179 cm³/mol. The zero-order valence-corrected chi connectivity index (χ0v) is 28.4. The average molecular weight is 740 g/mol. The summed E-state index contributed by atoms with van der Waals surface area (Å²) < 4.78 is 109. The fraction of sp³-hybridized carbons (Fsp3) is 0.424. The molecule has 49 heavy (non-hydrogen) atoms. The molecule has 4 rings (SSSR count). The number of carbonyl (C=O) groups is 1. The largest absolute Gasteiger partial charge is 0.491 e. The highest BCUT2D eigenvalue weighted by Crippen LogP contribution is 2.50. The summed E-state index contributed by atoms with van der Waals surface area (Å²) in [7, 11) is -3.12. The lowest BCUT2D eigenvalue weighted by Crippen LogP contribution is -2.48. The zero-order valence-electron chi connectivity index (χ0n) is 26.7. The van der Waals surface area contributed by atoms with Gasteiger partial charge in [-0.2, -0.15) is 26.3 Å². The van der Waals surface area contributed by atoms with Crippen LogP contribution in [0.2, 0.25) is 0 Å². The number of alkyl halides is 6. The molecule has 3 aromatic rings. The van der Waals surface area contributed by atoms with Crippen molar-refractivity contribution >= 4 is 34.8 Å². The van der Waals surface area contributed by atoms with Gasteiger partial charge in [0.1, 0.15) is 5.75 Å². The normalized spacial score (nSPS) is 16.8. The lowest BCUT2D eigenvalue weighted by atomic mass is 10.00. The van der Waals surface area contributed by atoms with Gasteiger partial charge < -0.3 is 20.5 Å². The van der Waals surface area contributed by atoms with Crippen molar-refractivity contribution < 1.29 is 50.1 Å². The Morgan fingerprint density at radius 1 is 0.918 bits per heavy atom. The monoisotopic (exact) mass is 739 g/mol. The summed E-state index contributed by atoms with van der Waals surface area (Å²) in [5.74, 6) is -0.124. The number of hydrogen-bond acceptors (Lipinski definition) is 7. The van der Waals surface area contributed by atoms with Crippen molar-refractivity contribution in [1.82, 2.24) is 10.6 Å². The van der Waals surface area contributed by atoms with Crippen molar-refractivity contribution in [2.75, 3.05) is 23.1 Å². The van der Waals surface area contributed by atoms with Crippen LogP contribution in [0.3, 0.4) is 0 Å². The van der Waals surface area contributed by atoms with Gasteiger partial charge >= 0.3 is 12.4 Å². The van der Waals surface area contributed by atoms with Gasteiger partial charge in [0.15, 0.2) is 0 Å². The third-order valence-corrected chi connectivity index (χ3v) is 9.54. The van der Waals surface area contributed by atoms with E-state index in [1.807, 2.05) is 0 Å². The van der Waals surface area contributed by atoms with Gasteiger partial charge in [-0.25, -0.2) is 0 Å². The van der Waals surface area contributed by atoms with Crippen molar-refractivity contribution in [3.8, 4) is 5.75 Å². The van der Waals surface area contributed by atoms with Crippen molar-refractivity contribution in [3.05, 3.63) is 94.5 Å². The van der Waals surface area contributed by atoms with Gasteiger partial charge in [0.2, 0.25) is 0 Å². The Morgan fingerprint density at radius 3 is 2.12 bits per heavy atom. The number of benzene rings is 3. The van der Waals surface area contributed by atoms with Crippen LogP contribution in [-0.4, -0.2) is 57.2 Å². The molecule has 2 atom stereocenters. The van der Waals surface area contributed by atoms with Crippen LogP contribution in [0.5, 0.6) is 5.75 Å². The topological polar surface area (TPSA) is 114 Å². The molecular weight excluding hydrogens is 700 g/mol. The first kappa shape index (κ1) is 40.2. The number of nitrogens with zero attached hydrogens (tertiary/aromatic N) is 1. The summed E-state index contributed by atoms with van der Waals surface area (Å²) in [4.78, 5) is 13.7. The fourth-order valence-corrected chi connectivity index (χ4v) is 7.01. The van der Waals surface area contributed by atoms with E-state index in [0.29, 0.717) is 43.0 Å². The Balaban J connectivity index is 0.00000650. The molecule has 0 radical (unpaired) electrons. The maximum absolute atomic E-state index is 13.7. The van der Waals surface area contributed by atoms with Crippen molar-refractivity contribution in [3.63, 3.8) is 0 Å². The first-order chi connectivity index (χ1) is 22.4. The Kier molecular flexibility index (Phi) is 13.7. The molecule has 0 saturated carbocycles. The molecule has 1 aliphatic rings. The Bertz CT molecular complexity index is 1510. The number of aliphatic hydroxyl groups excluding tert-OH is 1. The highest BCUT2D eigenvalue weighted by molar-refractivity contribution is 8.25. The second-order valence-electron chi connectivity index (χ2n) is 11.9. The zero-order chi connectivity index (χ0) is 35.3. The van der Waals surface area contributed by atoms with Gasteiger partial charge in [0.05, 0.1) is 40.8 Å². The molecule has 1 aliphatic heterocycles. The summed E-state index contributed by atoms with van der Waals surface area (Å²) >= 11 is 0. The predicted octanol–water partition coefficient (Wildman–Crippen LogP) is 7.69. The standard InChI is InChI=1S/C33H39F6N3O5S.ClH/c1-21(2)47-28-16-24(15-27(18-28)42-10-6-7-11-48(42,45)46)31(44)41-29(14-22-8-4-3-5-9-22)30(43)20-40-19-23-12-25(32(34,35)36)17-26(13-23)33(37,38)39;/h3-5,8-9,12-13,15-18,21,29-30,40,43,45-46H,6-7,10-11,14,19-20H2,1-2H3,(H,41,44);1H/t29-,30+;/m0./s1. The maximum atomic E-state index is 13.7. The Morgan fingerprint density at radius 2 is 1.55 bits per heavy atom. The number of carbonyl (C=O) groups excluding carboxylic acids is 1. The molecule has 1 heterocycles. The van der Waals surface area contributed by atoms with Crippen molar-refractivity contribution in [1.29, 1.82) is 0 Å². The molecule has 0 spiro atoms. The van der Waals surface area contributed by atoms with Crippen LogP contribution >= 0.6 is 23.2 Å². The molecule has 3 aromatic carbocycles. The fourth-order valence-electron chi connectivity index (χ4n) is 5.34. The molecule has 8 nitrogen and oxygen atoms in total. The summed E-state index contributed by atoms with van der Waals surface area (Å²) in [6, 6.07) is 13.8. The third kappa shape index (κ3) is 11.4. The molecule has 1 fully saturated rings. The Labute approximate surface area is 288 Å². The minimum atomic E-state index is -5.00. The van der Waals surface area contributed by atoms with Gasteiger partial charge in [0, 0.05) is 31.3 Å². The average Bonchev–Trinajstić information content (AvgIpc) is 2.99. The molecule has 16 heteroatoms. The SMILES string of the molecule is CC(C)Oc1cc(C(=O)N[C@@H](Cc2ccccc2)[C@H](O)CNCc2cc(C(F)(F)F)cc(C(F)(F)F)c2)cc(N2CCCCS2(O)O)c1.Cl. The minimum Gasteiger partial charge on any atom is -0.491 e. The first-order valence-electron chi connectivity index (χ1n) is 15.3. The molecule has 0 aromatic heterocycles. The number of amides is 1. The molecule has 1 saturated heterocycles. The third-order valence-electron chi connectivity index (χ3n) is 7.61. The van der Waals surface area contributed by atoms with Crippen LogP contribution in [0.1, 0.15) is 59.3 Å². The van der Waals surface area contributed by atoms with Crippen LogP contribution in [0.4, 0.5) is 32.0 Å². The van der Waals surface area contributed by atoms with Gasteiger partial charge in [-0.3, -0.25) is 18.2 Å². The van der Waals surface area contributed by atoms with E-state index in [1.54, 1.807) is 50.2 Å². The smallest absolute Gasteiger partial charge is 0.416 e. The van der Waals surface area contributed by atoms with E-state index in [-0.39, 0.29) is 54.4 Å². The van der Waals surface area contributed by atoms with Crippen LogP contribution in [0, 0.1) is 0 Å². The molecule has 0 aliphatic carbocycles. The van der Waals surface area contributed by atoms with Crippen LogP contribution in [0.25, 0.3) is 0 Å². The highest BCUT2D eigenvalue weighted by atomic mass is 35.5. The van der Waals surface area contributed by atoms with E-state index < -0.39 is 58.9 Å². The molecule has 0 bridgehead atoms. The lowest BCUT2D eigenvalue weighted by molar-refractivity contribution is -0.143. The number of hydrogen-bond donors (Lipinski definition) is 5. The number of ether oxygens (including phenoxy) is 1. The van der Waals surface area contributed by atoms with E-state index in [2.05, 4.69) is 10.6 Å². The molecule has 1 amide bonds. The van der Waals surface area contributed by atoms with E-state index in [1.165, 1.54) is 16.4 Å². The van der Waals surface area contributed by atoms with Crippen LogP contribution in [0.15, 0.2) is 66.7 Å². The van der Waals surface area contributed by atoms with Gasteiger partial charge in [-0.05, 0) is 74.6 Å². The number of aliphatic hydroxyl groups is 1. The second kappa shape index (κ2) is 16.7. The molecular formula is C33H40ClF6N3O5S. The summed E-state index contributed by atoms with van der Waals surface area (Å²) in [6.07, 6.45) is -10.1. The van der Waals surface area contributed by atoms with Gasteiger partial charge in [-0.15, -0.1) is 23.2 Å². The van der Waals surface area contributed by atoms with Crippen LogP contribution < -0.4 is 19.7 Å². The van der Waals surface area contributed by atoms with E-state index in [0.717, 1.165) is 5.56 Å². The number of nitrogens with one attached hydrogen (secondary N) is 2. The quantitative estimate of drug-likeness (QED) is 0.121. The number of anilines is 1. The van der Waals surface area contributed by atoms with Gasteiger partial charge in [-0.1, -0.05) is 30.3 Å². The van der Waals surface area contributed by atoms with Crippen LogP contribution in [-0.2, 0) is 25.3 Å². The lowest BCUT2D eigenvalue weighted by Gasteiger charge is -2.47. The van der Waals surface area contributed by atoms with Gasteiger partial charge in [0.25, 0.3) is 5.91 Å². The second-order valence-corrected chi connectivity index (χ2v) is 14.0. The Hall–Kier alpha value is -3.21. The molecule has 5 N–H and O–H groups in total. The maximum Gasteiger partial charge on any atom is 0.416 e. The summed E-state index contributed by atoms with van der Waals surface area (Å²) in [5, 5.41) is 16.7. The van der Waals surface area contributed by atoms with Crippen molar-refractivity contribution in [2.24, 2.45) is 0 Å². The van der Waals surface area contributed by atoms with E-state index in [9.17, 15) is 45.3 Å².